The number of aryl methyl sites for hydroxylation is 1. The second kappa shape index (κ2) is 12.6. The van der Waals surface area contributed by atoms with Crippen LogP contribution in [0.2, 0.25) is 0 Å². The third kappa shape index (κ3) is 6.94. The van der Waals surface area contributed by atoms with E-state index in [1.807, 2.05) is 30.3 Å². The summed E-state index contributed by atoms with van der Waals surface area (Å²) in [5.74, 6) is -0.729. The van der Waals surface area contributed by atoms with Crippen LogP contribution in [0.15, 0.2) is 53.9 Å². The molecule has 2 heterocycles. The fraction of sp³-hybridized carbons (Fsp3) is 0.387. The number of allylic oxidation sites excluding steroid dienone is 1. The van der Waals surface area contributed by atoms with Crippen LogP contribution in [-0.4, -0.2) is 43.0 Å². The molecule has 39 heavy (non-hydrogen) atoms. The van der Waals surface area contributed by atoms with Gasteiger partial charge in [-0.25, -0.2) is 0 Å². The number of thiophene rings is 1. The maximum atomic E-state index is 13.7. The average Bonchev–Trinajstić information content (AvgIpc) is 3.35. The molecule has 1 aromatic heterocycles. The summed E-state index contributed by atoms with van der Waals surface area (Å²) in [4.78, 5) is 40.3. The van der Waals surface area contributed by atoms with Gasteiger partial charge in [0.25, 0.3) is 0 Å². The maximum absolute atomic E-state index is 13.7. The Bertz CT molecular complexity index is 1380. The average molecular weight is 545 g/mol. The molecule has 2 aromatic carbocycles. The summed E-state index contributed by atoms with van der Waals surface area (Å²) in [7, 11) is 0. The van der Waals surface area contributed by atoms with Crippen molar-refractivity contribution < 1.29 is 14.4 Å². The maximum Gasteiger partial charge on any atom is 0.244 e. The van der Waals surface area contributed by atoms with Crippen LogP contribution < -0.4 is 21.3 Å². The lowest BCUT2D eigenvalue weighted by Gasteiger charge is -2.27. The SMILES string of the molecule is CC(=O)N[C@@H](Cc1csc2c1C=CCC2)NC(=O)[C@@H](Cc1ccc2ccccc2c1)NC(=O)C1CCNCC1. The second-order valence-electron chi connectivity index (χ2n) is 10.5. The van der Waals surface area contributed by atoms with Gasteiger partial charge in [0.15, 0.2) is 0 Å². The first-order chi connectivity index (χ1) is 19.0. The normalized spacial score (nSPS) is 16.7. The summed E-state index contributed by atoms with van der Waals surface area (Å²) in [6.45, 7) is 3.04. The molecule has 2 atom stereocenters. The number of carbonyl (C=O) groups is 3. The Kier molecular flexibility index (Phi) is 8.74. The van der Waals surface area contributed by atoms with Crippen molar-refractivity contribution in [2.24, 2.45) is 5.92 Å². The van der Waals surface area contributed by atoms with E-state index in [2.05, 4.69) is 50.9 Å². The Morgan fingerprint density at radius 2 is 1.79 bits per heavy atom. The quantitative estimate of drug-likeness (QED) is 0.309. The topological polar surface area (TPSA) is 99.3 Å². The third-order valence-corrected chi connectivity index (χ3v) is 8.64. The van der Waals surface area contributed by atoms with Crippen LogP contribution in [0.5, 0.6) is 0 Å². The van der Waals surface area contributed by atoms with E-state index in [9.17, 15) is 14.4 Å². The van der Waals surface area contributed by atoms with Crippen LogP contribution in [0.4, 0.5) is 0 Å². The van der Waals surface area contributed by atoms with Crippen molar-refractivity contribution in [1.29, 1.82) is 0 Å². The molecule has 7 nitrogen and oxygen atoms in total. The highest BCUT2D eigenvalue weighted by atomic mass is 32.1. The Morgan fingerprint density at radius 1 is 1.00 bits per heavy atom. The van der Waals surface area contributed by atoms with E-state index in [1.165, 1.54) is 17.4 Å². The summed E-state index contributed by atoms with van der Waals surface area (Å²) in [6.07, 6.45) is 8.11. The first-order valence-corrected chi connectivity index (χ1v) is 14.7. The molecule has 0 bridgehead atoms. The molecule has 5 rings (SSSR count). The van der Waals surface area contributed by atoms with Gasteiger partial charge in [0.2, 0.25) is 17.7 Å². The zero-order valence-corrected chi connectivity index (χ0v) is 23.1. The number of hydrogen-bond acceptors (Lipinski definition) is 5. The monoisotopic (exact) mass is 544 g/mol. The van der Waals surface area contributed by atoms with Crippen molar-refractivity contribution in [3.63, 3.8) is 0 Å². The Labute approximate surface area is 233 Å². The minimum atomic E-state index is -0.763. The van der Waals surface area contributed by atoms with Crippen LogP contribution in [0, 0.1) is 5.92 Å². The van der Waals surface area contributed by atoms with Crippen LogP contribution in [-0.2, 0) is 33.6 Å². The minimum absolute atomic E-state index is 0.0921. The lowest BCUT2D eigenvalue weighted by molar-refractivity contribution is -0.132. The number of amides is 3. The van der Waals surface area contributed by atoms with Gasteiger partial charge in [-0.15, -0.1) is 11.3 Å². The zero-order chi connectivity index (χ0) is 27.2. The van der Waals surface area contributed by atoms with Crippen molar-refractivity contribution >= 4 is 45.9 Å². The molecule has 0 unspecified atom stereocenters. The summed E-state index contributed by atoms with van der Waals surface area (Å²) in [5, 5.41) is 16.6. The molecule has 1 saturated heterocycles. The number of nitrogens with one attached hydrogen (secondary N) is 4. The predicted octanol–water partition coefficient (Wildman–Crippen LogP) is 3.71. The van der Waals surface area contributed by atoms with E-state index < -0.39 is 12.2 Å². The van der Waals surface area contributed by atoms with E-state index in [-0.39, 0.29) is 23.6 Å². The Morgan fingerprint density at radius 3 is 2.59 bits per heavy atom. The molecule has 1 fully saturated rings. The van der Waals surface area contributed by atoms with E-state index >= 15 is 0 Å². The molecule has 2 aliphatic rings. The molecule has 1 aliphatic heterocycles. The minimum Gasteiger partial charge on any atom is -0.344 e. The molecule has 0 spiro atoms. The van der Waals surface area contributed by atoms with Crippen LogP contribution in [0.1, 0.15) is 47.8 Å². The van der Waals surface area contributed by atoms with Crippen molar-refractivity contribution in [3.05, 3.63) is 75.5 Å². The van der Waals surface area contributed by atoms with E-state index in [0.29, 0.717) is 12.8 Å². The fourth-order valence-electron chi connectivity index (χ4n) is 5.48. The van der Waals surface area contributed by atoms with Crippen molar-refractivity contribution in [3.8, 4) is 0 Å². The zero-order valence-electron chi connectivity index (χ0n) is 22.3. The predicted molar refractivity (Wildman–Crippen MR) is 156 cm³/mol. The molecular formula is C31H36N4O3S. The van der Waals surface area contributed by atoms with Crippen molar-refractivity contribution in [1.82, 2.24) is 21.3 Å². The van der Waals surface area contributed by atoms with Crippen LogP contribution in [0.3, 0.4) is 0 Å². The van der Waals surface area contributed by atoms with Crippen molar-refractivity contribution in [2.75, 3.05) is 13.1 Å². The van der Waals surface area contributed by atoms with Gasteiger partial charge in [-0.05, 0) is 71.6 Å². The smallest absolute Gasteiger partial charge is 0.244 e. The second-order valence-corrected chi connectivity index (χ2v) is 11.4. The molecule has 0 saturated carbocycles. The first-order valence-electron chi connectivity index (χ1n) is 13.8. The van der Waals surface area contributed by atoms with Gasteiger partial charge in [-0.1, -0.05) is 54.6 Å². The number of hydrogen-bond donors (Lipinski definition) is 4. The number of benzene rings is 2. The largest absolute Gasteiger partial charge is 0.344 e. The van der Waals surface area contributed by atoms with Gasteiger partial charge in [0, 0.05) is 30.6 Å². The van der Waals surface area contributed by atoms with Crippen LogP contribution in [0.25, 0.3) is 16.8 Å². The Hall–Kier alpha value is -3.49. The summed E-state index contributed by atoms with van der Waals surface area (Å²) < 4.78 is 0. The number of rotatable bonds is 9. The van der Waals surface area contributed by atoms with E-state index in [4.69, 9.17) is 0 Å². The molecule has 0 radical (unpaired) electrons. The van der Waals surface area contributed by atoms with Gasteiger partial charge in [-0.2, -0.15) is 0 Å². The summed E-state index contributed by atoms with van der Waals surface area (Å²) in [5.41, 5.74) is 3.27. The number of carbonyl (C=O) groups excluding carboxylic acids is 3. The third-order valence-electron chi connectivity index (χ3n) is 7.53. The fourth-order valence-corrected chi connectivity index (χ4v) is 6.55. The first kappa shape index (κ1) is 27.1. The highest BCUT2D eigenvalue weighted by molar-refractivity contribution is 7.10. The molecule has 3 aromatic rings. The van der Waals surface area contributed by atoms with Gasteiger partial charge in [0.05, 0.1) is 0 Å². The van der Waals surface area contributed by atoms with Crippen LogP contribution >= 0.6 is 11.3 Å². The molecule has 8 heteroatoms. The molecular weight excluding hydrogens is 508 g/mol. The van der Waals surface area contributed by atoms with Gasteiger partial charge < -0.3 is 21.3 Å². The molecule has 3 amide bonds. The highest BCUT2D eigenvalue weighted by Gasteiger charge is 2.29. The highest BCUT2D eigenvalue weighted by Crippen LogP contribution is 2.29. The summed E-state index contributed by atoms with van der Waals surface area (Å²) in [6, 6.07) is 13.5. The molecule has 204 valence electrons. The molecule has 1 aliphatic carbocycles. The lowest BCUT2D eigenvalue weighted by Crippen LogP contribution is -2.56. The number of fused-ring (bicyclic) bond motifs is 2. The number of piperidine rings is 1. The summed E-state index contributed by atoms with van der Waals surface area (Å²) >= 11 is 1.73. The Balaban J connectivity index is 1.35. The van der Waals surface area contributed by atoms with E-state index in [1.54, 1.807) is 11.3 Å². The van der Waals surface area contributed by atoms with Gasteiger partial charge >= 0.3 is 0 Å². The van der Waals surface area contributed by atoms with Gasteiger partial charge in [0.1, 0.15) is 12.2 Å². The van der Waals surface area contributed by atoms with Crippen molar-refractivity contribution in [2.45, 2.75) is 57.7 Å². The van der Waals surface area contributed by atoms with E-state index in [0.717, 1.165) is 60.7 Å². The standard InChI is InChI=1S/C31H36N4O3S/c1-20(36)33-29(18-25-19-39-28-9-5-4-8-26(25)28)35-31(38)27(34-30(37)23-12-14-32-15-13-23)17-21-10-11-22-6-2-3-7-24(22)16-21/h2-4,6-8,10-11,16,19,23,27,29,32H,5,9,12-15,17-18H2,1H3,(H,33,36)(H,34,37)(H,35,38)/t27-,29-/m1/s1. The molecule has 4 N–H and O–H groups in total. The van der Waals surface area contributed by atoms with Gasteiger partial charge in [-0.3, -0.25) is 14.4 Å². The lowest BCUT2D eigenvalue weighted by atomic mass is 9.95.